The van der Waals surface area contributed by atoms with Crippen molar-refractivity contribution >= 4 is 23.1 Å². The number of piperazine rings is 1. The Balaban J connectivity index is 1.35. The van der Waals surface area contributed by atoms with Gasteiger partial charge in [-0.05, 0) is 18.2 Å². The van der Waals surface area contributed by atoms with E-state index in [-0.39, 0.29) is 0 Å². The van der Waals surface area contributed by atoms with Gasteiger partial charge in [0, 0.05) is 61.6 Å². The third kappa shape index (κ3) is 3.67. The zero-order chi connectivity index (χ0) is 21.9. The summed E-state index contributed by atoms with van der Waals surface area (Å²) in [7, 11) is 1.55. The highest BCUT2D eigenvalue weighted by atomic mass is 16.5. The lowest BCUT2D eigenvalue weighted by Gasteiger charge is -2.39. The van der Waals surface area contributed by atoms with E-state index in [9.17, 15) is 4.79 Å². The van der Waals surface area contributed by atoms with E-state index in [4.69, 9.17) is 4.74 Å². The molecule has 1 aliphatic rings. The number of aromatic nitrogens is 5. The fraction of sp³-hybridized carbons (Fsp3) is 0.261. The number of nitrogens with zero attached hydrogens (tertiary/aromatic N) is 7. The van der Waals surface area contributed by atoms with Gasteiger partial charge in [-0.15, -0.1) is 0 Å². The Kier molecular flexibility index (Phi) is 5.47. The lowest BCUT2D eigenvalue weighted by atomic mass is 10.1. The third-order valence-corrected chi connectivity index (χ3v) is 5.79. The van der Waals surface area contributed by atoms with E-state index < -0.39 is 6.17 Å². The minimum absolute atomic E-state index is 0.348. The Morgan fingerprint density at radius 3 is 2.50 bits per heavy atom. The average Bonchev–Trinajstić information content (AvgIpc) is 3.29. The van der Waals surface area contributed by atoms with Gasteiger partial charge >= 0.3 is 6.01 Å². The van der Waals surface area contributed by atoms with E-state index in [2.05, 4.69) is 41.9 Å². The molecule has 1 unspecified atom stereocenters. The van der Waals surface area contributed by atoms with Crippen LogP contribution in [0.4, 0.5) is 5.69 Å². The molecule has 0 saturated carbocycles. The monoisotopic (exact) mass is 429 g/mol. The fourth-order valence-corrected chi connectivity index (χ4v) is 4.17. The lowest BCUT2D eigenvalue weighted by Crippen LogP contribution is -2.49. The molecular formula is C23H23N7O2. The van der Waals surface area contributed by atoms with Gasteiger partial charge in [0.1, 0.15) is 11.7 Å². The second kappa shape index (κ2) is 8.72. The van der Waals surface area contributed by atoms with Crippen LogP contribution in [0.15, 0.2) is 61.3 Å². The van der Waals surface area contributed by atoms with Crippen molar-refractivity contribution in [2.75, 3.05) is 38.2 Å². The number of aldehydes is 1. The molecule has 4 heterocycles. The number of fused-ring (bicyclic) bond motifs is 1. The minimum atomic E-state index is -0.428. The van der Waals surface area contributed by atoms with Crippen molar-refractivity contribution in [3.05, 3.63) is 61.3 Å². The molecule has 5 rings (SSSR count). The number of benzene rings is 1. The number of hydrogen-bond acceptors (Lipinski definition) is 8. The highest BCUT2D eigenvalue weighted by Gasteiger charge is 2.27. The summed E-state index contributed by atoms with van der Waals surface area (Å²) in [6.07, 6.45) is 7.51. The average molecular weight is 429 g/mol. The van der Waals surface area contributed by atoms with Crippen molar-refractivity contribution in [3.63, 3.8) is 0 Å². The first-order valence-electron chi connectivity index (χ1n) is 10.5. The SMILES string of the molecule is COc1ncc(-c2ccccc2N2CCN(C(C=O)n3cnc4cccnc43)CC2)cn1. The topological polar surface area (TPSA) is 89.3 Å². The first-order valence-corrected chi connectivity index (χ1v) is 10.5. The maximum absolute atomic E-state index is 12.0. The van der Waals surface area contributed by atoms with Crippen LogP contribution in [0.5, 0.6) is 6.01 Å². The molecule has 162 valence electrons. The molecule has 1 aliphatic heterocycles. The van der Waals surface area contributed by atoms with E-state index in [1.54, 1.807) is 32.0 Å². The molecule has 0 aliphatic carbocycles. The smallest absolute Gasteiger partial charge is 0.316 e. The fourth-order valence-electron chi connectivity index (χ4n) is 4.17. The first kappa shape index (κ1) is 20.1. The molecular weight excluding hydrogens is 406 g/mol. The Morgan fingerprint density at radius 2 is 1.75 bits per heavy atom. The van der Waals surface area contributed by atoms with Crippen molar-refractivity contribution in [1.29, 1.82) is 0 Å². The molecule has 0 bridgehead atoms. The number of rotatable bonds is 6. The molecule has 9 nitrogen and oxygen atoms in total. The van der Waals surface area contributed by atoms with Crippen molar-refractivity contribution < 1.29 is 9.53 Å². The second-order valence-corrected chi connectivity index (χ2v) is 7.55. The first-order chi connectivity index (χ1) is 15.8. The predicted molar refractivity (Wildman–Crippen MR) is 120 cm³/mol. The number of ether oxygens (including phenoxy) is 1. The van der Waals surface area contributed by atoms with Crippen LogP contribution in [0, 0.1) is 0 Å². The largest absolute Gasteiger partial charge is 0.467 e. The lowest BCUT2D eigenvalue weighted by molar-refractivity contribution is -0.115. The van der Waals surface area contributed by atoms with E-state index >= 15 is 0 Å². The van der Waals surface area contributed by atoms with Crippen molar-refractivity contribution in [1.82, 2.24) is 29.4 Å². The number of imidazole rings is 1. The number of anilines is 1. The molecule has 32 heavy (non-hydrogen) atoms. The quantitative estimate of drug-likeness (QED) is 0.432. The van der Waals surface area contributed by atoms with Crippen LogP contribution in [0.3, 0.4) is 0 Å². The third-order valence-electron chi connectivity index (χ3n) is 5.79. The second-order valence-electron chi connectivity index (χ2n) is 7.55. The molecule has 1 fully saturated rings. The molecule has 0 spiro atoms. The van der Waals surface area contributed by atoms with Crippen LogP contribution in [0.2, 0.25) is 0 Å². The zero-order valence-corrected chi connectivity index (χ0v) is 17.7. The van der Waals surface area contributed by atoms with E-state index in [0.29, 0.717) is 6.01 Å². The van der Waals surface area contributed by atoms with Gasteiger partial charge in [0.05, 0.1) is 13.4 Å². The molecule has 4 aromatic rings. The van der Waals surface area contributed by atoms with Crippen molar-refractivity contribution in [2.24, 2.45) is 0 Å². The zero-order valence-electron chi connectivity index (χ0n) is 17.7. The Morgan fingerprint density at radius 1 is 0.969 bits per heavy atom. The molecule has 1 aromatic carbocycles. The van der Waals surface area contributed by atoms with Crippen molar-refractivity contribution in [3.8, 4) is 17.1 Å². The Labute approximate surface area is 185 Å². The summed E-state index contributed by atoms with van der Waals surface area (Å²) < 4.78 is 6.92. The normalized spacial score (nSPS) is 15.6. The summed E-state index contributed by atoms with van der Waals surface area (Å²) in [6.45, 7) is 3.06. The van der Waals surface area contributed by atoms with Crippen LogP contribution in [-0.2, 0) is 4.79 Å². The summed E-state index contributed by atoms with van der Waals surface area (Å²) in [6, 6.07) is 12.3. The molecule has 0 radical (unpaired) electrons. The van der Waals surface area contributed by atoms with Gasteiger partial charge in [0.25, 0.3) is 0 Å². The maximum atomic E-state index is 12.0. The molecule has 3 aromatic heterocycles. The molecule has 0 amide bonds. The highest BCUT2D eigenvalue weighted by molar-refractivity contribution is 5.78. The number of carbonyl (C=O) groups excluding carboxylic acids is 1. The summed E-state index contributed by atoms with van der Waals surface area (Å²) in [4.78, 5) is 33.8. The van der Waals surface area contributed by atoms with Gasteiger partial charge in [0.2, 0.25) is 0 Å². The summed E-state index contributed by atoms with van der Waals surface area (Å²) in [5.41, 5.74) is 4.63. The van der Waals surface area contributed by atoms with E-state index in [1.807, 2.05) is 28.8 Å². The van der Waals surface area contributed by atoms with Crippen LogP contribution in [0.25, 0.3) is 22.3 Å². The van der Waals surface area contributed by atoms with Gasteiger partial charge in [-0.25, -0.2) is 19.9 Å². The Bertz CT molecular complexity index is 1220. The van der Waals surface area contributed by atoms with Gasteiger partial charge in [0.15, 0.2) is 11.9 Å². The summed E-state index contributed by atoms with van der Waals surface area (Å²) in [5.74, 6) is 0. The van der Waals surface area contributed by atoms with Gasteiger partial charge in [-0.3, -0.25) is 14.3 Å². The minimum Gasteiger partial charge on any atom is -0.467 e. The van der Waals surface area contributed by atoms with Crippen LogP contribution in [0.1, 0.15) is 6.17 Å². The standard InChI is InChI=1S/C23H23N7O2/c1-32-23-25-13-17(14-26-23)18-5-2-3-7-20(18)28-9-11-29(12-10-28)21(15-31)30-16-27-19-6-4-8-24-22(19)30/h2-8,13-16,21H,9-12H2,1H3. The van der Waals surface area contributed by atoms with Gasteiger partial charge in [-0.1, -0.05) is 18.2 Å². The van der Waals surface area contributed by atoms with Gasteiger partial charge in [-0.2, -0.15) is 0 Å². The summed E-state index contributed by atoms with van der Waals surface area (Å²) >= 11 is 0. The number of methoxy groups -OCH3 is 1. The molecule has 1 atom stereocenters. The Hall–Kier alpha value is -3.85. The van der Waals surface area contributed by atoms with Crippen LogP contribution < -0.4 is 9.64 Å². The predicted octanol–water partition coefficient (Wildman–Crippen LogP) is 2.42. The van der Waals surface area contributed by atoms with Crippen molar-refractivity contribution in [2.45, 2.75) is 6.17 Å². The van der Waals surface area contributed by atoms with Gasteiger partial charge < -0.3 is 9.64 Å². The molecule has 9 heteroatoms. The highest BCUT2D eigenvalue weighted by Crippen LogP contribution is 2.31. The number of pyridine rings is 1. The maximum Gasteiger partial charge on any atom is 0.316 e. The van der Waals surface area contributed by atoms with Crippen LogP contribution in [-0.4, -0.2) is 69.0 Å². The van der Waals surface area contributed by atoms with E-state index in [1.165, 1.54) is 0 Å². The number of hydrogen-bond donors (Lipinski definition) is 0. The molecule has 1 saturated heterocycles. The molecule has 0 N–H and O–H groups in total. The van der Waals surface area contributed by atoms with E-state index in [0.717, 1.165) is 60.4 Å². The summed E-state index contributed by atoms with van der Waals surface area (Å²) in [5, 5.41) is 0. The number of para-hydroxylation sites is 1. The van der Waals surface area contributed by atoms with Crippen LogP contribution >= 0.6 is 0 Å². The number of carbonyl (C=O) groups is 1.